The first-order valence-electron chi connectivity index (χ1n) is 9.33. The third-order valence-corrected chi connectivity index (χ3v) is 7.33. The fraction of sp³-hybridized carbons (Fsp3) is 0.900. The number of hydrogen-bond donors (Lipinski definition) is 3. The minimum absolute atomic E-state index is 0.0311. The van der Waals surface area contributed by atoms with E-state index in [2.05, 4.69) is 27.7 Å². The summed E-state index contributed by atoms with van der Waals surface area (Å²) < 4.78 is 0. The average Bonchev–Trinajstić information content (AvgIpc) is 2.48. The van der Waals surface area contributed by atoms with Crippen LogP contribution in [-0.4, -0.2) is 34.1 Å². The molecule has 0 aliphatic heterocycles. The van der Waals surface area contributed by atoms with Crippen molar-refractivity contribution in [2.45, 2.75) is 78.2 Å². The van der Waals surface area contributed by atoms with E-state index >= 15 is 0 Å². The Balaban J connectivity index is 2.27. The maximum atomic E-state index is 11.8. The van der Waals surface area contributed by atoms with E-state index in [1.807, 2.05) is 0 Å². The second-order valence-electron chi connectivity index (χ2n) is 8.92. The number of hydrogen-bond acceptors (Lipinski definition) is 3. The van der Waals surface area contributed by atoms with Crippen LogP contribution in [0.25, 0.3) is 0 Å². The Kier molecular flexibility index (Phi) is 5.65. The lowest BCUT2D eigenvalue weighted by molar-refractivity contribution is -0.211. The first-order valence-corrected chi connectivity index (χ1v) is 9.33. The largest absolute Gasteiger partial charge is 0.392 e. The second kappa shape index (κ2) is 6.85. The van der Waals surface area contributed by atoms with E-state index in [1.54, 1.807) is 6.08 Å². The van der Waals surface area contributed by atoms with Crippen LogP contribution in [0.2, 0.25) is 0 Å². The van der Waals surface area contributed by atoms with Crippen LogP contribution in [0.15, 0.2) is 11.6 Å². The van der Waals surface area contributed by atoms with Crippen LogP contribution in [0.3, 0.4) is 0 Å². The molecule has 4 atom stereocenters. The molecule has 2 saturated carbocycles. The molecule has 0 aromatic rings. The van der Waals surface area contributed by atoms with Crippen molar-refractivity contribution in [3.63, 3.8) is 0 Å². The number of fused-ring (bicyclic) bond motifs is 1. The van der Waals surface area contributed by atoms with Crippen LogP contribution in [0.4, 0.5) is 0 Å². The van der Waals surface area contributed by atoms with Gasteiger partial charge >= 0.3 is 0 Å². The van der Waals surface area contributed by atoms with E-state index in [4.69, 9.17) is 5.11 Å². The first-order chi connectivity index (χ1) is 10.7. The molecule has 0 aromatic heterocycles. The molecular formula is C20H36O3. The highest BCUT2D eigenvalue weighted by molar-refractivity contribution is 5.13. The Labute approximate surface area is 141 Å². The molecule has 2 rings (SSSR count). The fourth-order valence-electron chi connectivity index (χ4n) is 5.83. The van der Waals surface area contributed by atoms with Crippen molar-refractivity contribution in [2.75, 3.05) is 13.2 Å². The Bertz CT molecular complexity index is 442. The maximum absolute atomic E-state index is 11.8. The van der Waals surface area contributed by atoms with E-state index < -0.39 is 5.60 Å². The predicted octanol–water partition coefficient (Wildman–Crippen LogP) is 3.67. The third kappa shape index (κ3) is 3.25. The summed E-state index contributed by atoms with van der Waals surface area (Å²) in [6, 6.07) is 0. The van der Waals surface area contributed by atoms with Crippen molar-refractivity contribution >= 4 is 0 Å². The summed E-state index contributed by atoms with van der Waals surface area (Å²) in [7, 11) is 0. The van der Waals surface area contributed by atoms with Gasteiger partial charge in [0.15, 0.2) is 0 Å². The summed E-state index contributed by atoms with van der Waals surface area (Å²) in [6.07, 6.45) is 8.87. The standard InChI is InChI=1S/C20H36O3/c1-15-6-7-17-18(2,3)10-5-11-19(17,4)20(15,23)12-8-16(14-22)9-13-21/h9,15,17,21-23H,5-8,10-14H2,1-4H3/t15-,17+,19+,20-/m1/s1. The Morgan fingerprint density at radius 2 is 1.83 bits per heavy atom. The van der Waals surface area contributed by atoms with Gasteiger partial charge in [-0.1, -0.05) is 40.2 Å². The smallest absolute Gasteiger partial charge is 0.0732 e. The van der Waals surface area contributed by atoms with Gasteiger partial charge in [-0.05, 0) is 66.8 Å². The van der Waals surface area contributed by atoms with Crippen molar-refractivity contribution in [3.05, 3.63) is 11.6 Å². The molecule has 2 aliphatic rings. The molecule has 23 heavy (non-hydrogen) atoms. The Morgan fingerprint density at radius 1 is 1.13 bits per heavy atom. The summed E-state index contributed by atoms with van der Waals surface area (Å²) in [6.45, 7) is 9.17. The third-order valence-electron chi connectivity index (χ3n) is 7.33. The number of aliphatic hydroxyl groups is 3. The average molecular weight is 325 g/mol. The normalized spacial score (nSPS) is 40.7. The van der Waals surface area contributed by atoms with E-state index in [1.165, 1.54) is 19.3 Å². The van der Waals surface area contributed by atoms with Gasteiger partial charge in [-0.25, -0.2) is 0 Å². The summed E-state index contributed by atoms with van der Waals surface area (Å²) in [4.78, 5) is 0. The lowest BCUT2D eigenvalue weighted by Crippen LogP contribution is -2.62. The van der Waals surface area contributed by atoms with E-state index in [9.17, 15) is 10.2 Å². The topological polar surface area (TPSA) is 60.7 Å². The van der Waals surface area contributed by atoms with Crippen molar-refractivity contribution in [1.29, 1.82) is 0 Å². The zero-order valence-corrected chi connectivity index (χ0v) is 15.4. The fourth-order valence-corrected chi connectivity index (χ4v) is 5.83. The highest BCUT2D eigenvalue weighted by Gasteiger charge is 2.60. The van der Waals surface area contributed by atoms with Gasteiger partial charge in [-0.2, -0.15) is 0 Å². The quantitative estimate of drug-likeness (QED) is 0.676. The Morgan fingerprint density at radius 3 is 2.43 bits per heavy atom. The molecule has 3 heteroatoms. The zero-order valence-electron chi connectivity index (χ0n) is 15.4. The van der Waals surface area contributed by atoms with Crippen LogP contribution in [0.5, 0.6) is 0 Å². The molecule has 3 N–H and O–H groups in total. The van der Waals surface area contributed by atoms with Crippen molar-refractivity contribution < 1.29 is 15.3 Å². The van der Waals surface area contributed by atoms with Gasteiger partial charge in [0.2, 0.25) is 0 Å². The number of rotatable bonds is 5. The minimum atomic E-state index is -0.683. The van der Waals surface area contributed by atoms with Gasteiger partial charge < -0.3 is 15.3 Å². The molecule has 134 valence electrons. The molecule has 0 aromatic carbocycles. The summed E-state index contributed by atoms with van der Waals surface area (Å²) in [5.41, 5.74) is 0.402. The van der Waals surface area contributed by atoms with E-state index in [0.29, 0.717) is 24.2 Å². The molecule has 2 aliphatic carbocycles. The minimum Gasteiger partial charge on any atom is -0.392 e. The van der Waals surface area contributed by atoms with Gasteiger partial charge in [0.1, 0.15) is 0 Å². The van der Waals surface area contributed by atoms with Gasteiger partial charge in [0, 0.05) is 0 Å². The van der Waals surface area contributed by atoms with Crippen molar-refractivity contribution in [3.8, 4) is 0 Å². The monoisotopic (exact) mass is 324 g/mol. The van der Waals surface area contributed by atoms with Gasteiger partial charge in [-0.3, -0.25) is 0 Å². The zero-order chi connectivity index (χ0) is 17.3. The highest BCUT2D eigenvalue weighted by atomic mass is 16.3. The Hall–Kier alpha value is -0.380. The molecule has 0 unspecified atom stereocenters. The SMILES string of the molecule is C[C@@H]1CC[C@H]2C(C)(C)CCC[C@]2(C)[C@@]1(O)CCC(=CCO)CO. The molecule has 3 nitrogen and oxygen atoms in total. The molecule has 2 fully saturated rings. The van der Waals surface area contributed by atoms with Gasteiger partial charge in [0.25, 0.3) is 0 Å². The van der Waals surface area contributed by atoms with Crippen molar-refractivity contribution in [1.82, 2.24) is 0 Å². The molecule has 0 saturated heterocycles. The number of aliphatic hydroxyl groups excluding tert-OH is 2. The first kappa shape index (κ1) is 19.0. The molecule has 0 radical (unpaired) electrons. The highest BCUT2D eigenvalue weighted by Crippen LogP contribution is 2.63. The van der Waals surface area contributed by atoms with Crippen LogP contribution < -0.4 is 0 Å². The lowest BCUT2D eigenvalue weighted by atomic mass is 9.44. The predicted molar refractivity (Wildman–Crippen MR) is 94.1 cm³/mol. The molecule has 0 heterocycles. The molecular weight excluding hydrogens is 288 g/mol. The van der Waals surface area contributed by atoms with Crippen molar-refractivity contribution in [2.24, 2.45) is 22.7 Å². The van der Waals surface area contributed by atoms with Gasteiger partial charge in [0.05, 0.1) is 18.8 Å². The molecule has 0 amide bonds. The van der Waals surface area contributed by atoms with E-state index in [-0.39, 0.29) is 24.5 Å². The molecule has 0 spiro atoms. The van der Waals surface area contributed by atoms with Gasteiger partial charge in [-0.15, -0.1) is 0 Å². The van der Waals surface area contributed by atoms with Crippen LogP contribution in [0, 0.1) is 22.7 Å². The lowest BCUT2D eigenvalue weighted by Gasteiger charge is -2.63. The summed E-state index contributed by atoms with van der Waals surface area (Å²) in [5, 5.41) is 30.3. The summed E-state index contributed by atoms with van der Waals surface area (Å²) in [5.74, 6) is 0.844. The summed E-state index contributed by atoms with van der Waals surface area (Å²) >= 11 is 0. The maximum Gasteiger partial charge on any atom is 0.0732 e. The van der Waals surface area contributed by atoms with E-state index in [0.717, 1.165) is 18.4 Å². The van der Waals surface area contributed by atoms with Crippen LogP contribution in [0.1, 0.15) is 72.6 Å². The molecule has 0 bridgehead atoms. The van der Waals surface area contributed by atoms with Crippen LogP contribution >= 0.6 is 0 Å². The van der Waals surface area contributed by atoms with Crippen LogP contribution in [-0.2, 0) is 0 Å². The second-order valence-corrected chi connectivity index (χ2v) is 8.92.